The van der Waals surface area contributed by atoms with Crippen molar-refractivity contribution < 1.29 is 40.2 Å². The molecule has 1 aromatic rings. The molecule has 0 fully saturated rings. The molecule has 0 amide bonds. The first-order chi connectivity index (χ1) is 10.8. The van der Waals surface area contributed by atoms with E-state index in [0.717, 1.165) is 5.69 Å². The average Bonchev–Trinajstić information content (AvgIpc) is 2.58. The van der Waals surface area contributed by atoms with Crippen molar-refractivity contribution in [2.45, 2.75) is 24.4 Å². The Morgan fingerprint density at radius 1 is 1.09 bits per heavy atom. The Kier molecular flexibility index (Phi) is 10.5. The lowest BCUT2D eigenvalue weighted by Gasteiger charge is -2.22. The van der Waals surface area contributed by atoms with E-state index in [0.29, 0.717) is 0 Å². The summed E-state index contributed by atoms with van der Waals surface area (Å²) in [6, 6.07) is 9.23. The van der Waals surface area contributed by atoms with Gasteiger partial charge in [-0.2, -0.15) is 0 Å². The molecule has 9 heteroatoms. The second-order valence-electron chi connectivity index (χ2n) is 4.47. The first-order valence-corrected chi connectivity index (χ1v) is 6.62. The zero-order valence-corrected chi connectivity index (χ0v) is 12.2. The van der Waals surface area contributed by atoms with Gasteiger partial charge in [-0.25, -0.2) is 0 Å². The topological polar surface area (TPSA) is 168 Å². The molecule has 0 saturated carbocycles. The molecule has 1 rings (SSSR count). The Morgan fingerprint density at radius 2 is 1.65 bits per heavy atom. The number of rotatable bonds is 8. The number of hydrogen-bond acceptors (Lipinski definition) is 8. The maximum absolute atomic E-state index is 10.1. The summed E-state index contributed by atoms with van der Waals surface area (Å²) >= 11 is 0. The van der Waals surface area contributed by atoms with Gasteiger partial charge in [0.05, 0.1) is 6.61 Å². The Labute approximate surface area is 132 Å². The molecule has 1 aromatic carbocycles. The molecular formula is C14H21NO8. The summed E-state index contributed by atoms with van der Waals surface area (Å²) in [5.74, 6) is -0.853. The normalized spacial score (nSPS) is 15.3. The van der Waals surface area contributed by atoms with E-state index >= 15 is 0 Å². The molecule has 9 nitrogen and oxygen atoms in total. The van der Waals surface area contributed by atoms with Gasteiger partial charge >= 0.3 is 5.97 Å². The van der Waals surface area contributed by atoms with Crippen LogP contribution in [0.15, 0.2) is 30.3 Å². The van der Waals surface area contributed by atoms with Gasteiger partial charge in [0, 0.05) is 5.69 Å². The van der Waals surface area contributed by atoms with Gasteiger partial charge in [-0.15, -0.1) is 0 Å². The number of nitrogens with one attached hydrogen (secondary N) is 1. The number of carbonyl (C=O) groups excluding carboxylic acids is 1. The van der Waals surface area contributed by atoms with Gasteiger partial charge in [0.2, 0.25) is 0 Å². The first kappa shape index (κ1) is 21.0. The molecule has 0 heterocycles. The SMILES string of the molecule is O=C(O)CNc1ccccc1.O=C[C@@H](O)[C@@H](O)[C@H](O)[C@H](O)CO. The van der Waals surface area contributed by atoms with Crippen LogP contribution in [0.2, 0.25) is 0 Å². The molecule has 0 unspecified atom stereocenters. The van der Waals surface area contributed by atoms with Crippen LogP contribution in [-0.4, -0.2) is 80.5 Å². The predicted octanol–water partition coefficient (Wildman–Crippen LogP) is -2.20. The third-order valence-electron chi connectivity index (χ3n) is 2.64. The van der Waals surface area contributed by atoms with Crippen LogP contribution >= 0.6 is 0 Å². The Morgan fingerprint density at radius 3 is 2.09 bits per heavy atom. The molecular weight excluding hydrogens is 310 g/mol. The van der Waals surface area contributed by atoms with E-state index in [4.69, 9.17) is 30.6 Å². The number of anilines is 1. The quantitative estimate of drug-likeness (QED) is 0.261. The van der Waals surface area contributed by atoms with Crippen LogP contribution in [0.1, 0.15) is 0 Å². The van der Waals surface area contributed by atoms with Crippen LogP contribution in [0.25, 0.3) is 0 Å². The molecule has 0 radical (unpaired) electrons. The van der Waals surface area contributed by atoms with Crippen molar-refractivity contribution in [2.24, 2.45) is 0 Å². The minimum absolute atomic E-state index is 0.0258. The van der Waals surface area contributed by atoms with E-state index in [9.17, 15) is 9.59 Å². The van der Waals surface area contributed by atoms with Crippen molar-refractivity contribution in [1.82, 2.24) is 0 Å². The summed E-state index contributed by atoms with van der Waals surface area (Å²) in [6.07, 6.45) is -6.84. The Hall–Kier alpha value is -2.04. The lowest BCUT2D eigenvalue weighted by Crippen LogP contribution is -2.46. The van der Waals surface area contributed by atoms with Crippen LogP contribution in [-0.2, 0) is 9.59 Å². The lowest BCUT2D eigenvalue weighted by atomic mass is 10.0. The second-order valence-corrected chi connectivity index (χ2v) is 4.47. The van der Waals surface area contributed by atoms with Crippen LogP contribution < -0.4 is 5.32 Å². The fraction of sp³-hybridized carbons (Fsp3) is 0.429. The third-order valence-corrected chi connectivity index (χ3v) is 2.64. The maximum atomic E-state index is 10.1. The van der Waals surface area contributed by atoms with E-state index in [1.54, 1.807) is 0 Å². The summed E-state index contributed by atoms with van der Waals surface area (Å²) < 4.78 is 0. The van der Waals surface area contributed by atoms with Crippen LogP contribution in [0, 0.1) is 0 Å². The number of hydrogen-bond donors (Lipinski definition) is 7. The number of carboxylic acids is 1. The standard InChI is InChI=1S/C8H9NO2.C6H12O6/c10-8(11)6-9-7-4-2-1-3-5-7;7-1-3(9)5(11)6(12)4(10)2-8/h1-5,9H,6H2,(H,10,11);1,3-6,8-12H,2H2/t;3-,4-,5-,6-/m.1/s1. The smallest absolute Gasteiger partial charge is 0.322 e. The number of carbonyl (C=O) groups is 2. The monoisotopic (exact) mass is 331 g/mol. The zero-order valence-electron chi connectivity index (χ0n) is 12.2. The van der Waals surface area contributed by atoms with Gasteiger partial charge in [-0.05, 0) is 12.1 Å². The zero-order chi connectivity index (χ0) is 17.8. The molecule has 0 aliphatic heterocycles. The maximum Gasteiger partial charge on any atom is 0.322 e. The molecule has 0 spiro atoms. The highest BCUT2D eigenvalue weighted by molar-refractivity contribution is 5.72. The van der Waals surface area contributed by atoms with Crippen LogP contribution in [0.5, 0.6) is 0 Å². The number of aliphatic carboxylic acids is 1. The largest absolute Gasteiger partial charge is 0.480 e. The van der Waals surface area contributed by atoms with Crippen LogP contribution in [0.4, 0.5) is 5.69 Å². The van der Waals surface area contributed by atoms with Gasteiger partial charge < -0.3 is 40.8 Å². The number of carboxylic acid groups (broad SMARTS) is 1. The van der Waals surface area contributed by atoms with E-state index in [-0.39, 0.29) is 12.8 Å². The van der Waals surface area contributed by atoms with Crippen molar-refractivity contribution in [3.8, 4) is 0 Å². The molecule has 0 aliphatic rings. The molecule has 7 N–H and O–H groups in total. The summed E-state index contributed by atoms with van der Waals surface area (Å²) in [6.45, 7) is -0.798. The third kappa shape index (κ3) is 8.86. The highest BCUT2D eigenvalue weighted by Gasteiger charge is 2.29. The summed E-state index contributed by atoms with van der Waals surface area (Å²) in [7, 11) is 0. The Bertz CT molecular complexity index is 455. The predicted molar refractivity (Wildman–Crippen MR) is 79.7 cm³/mol. The second kappa shape index (κ2) is 11.5. The van der Waals surface area contributed by atoms with Gasteiger partial charge in [-0.1, -0.05) is 18.2 Å². The number of benzene rings is 1. The number of aliphatic hydroxyl groups is 5. The van der Waals surface area contributed by atoms with Crippen LogP contribution in [0.3, 0.4) is 0 Å². The number of para-hydroxylation sites is 1. The van der Waals surface area contributed by atoms with Crippen molar-refractivity contribution in [1.29, 1.82) is 0 Å². The first-order valence-electron chi connectivity index (χ1n) is 6.62. The van der Waals surface area contributed by atoms with E-state index in [1.165, 1.54) is 0 Å². The lowest BCUT2D eigenvalue weighted by molar-refractivity contribution is -0.136. The van der Waals surface area contributed by atoms with E-state index < -0.39 is 37.0 Å². The van der Waals surface area contributed by atoms with Gasteiger partial charge in [0.15, 0.2) is 6.29 Å². The van der Waals surface area contributed by atoms with E-state index in [2.05, 4.69) is 5.32 Å². The molecule has 0 aliphatic carbocycles. The molecule has 23 heavy (non-hydrogen) atoms. The fourth-order valence-corrected chi connectivity index (χ4v) is 1.35. The van der Waals surface area contributed by atoms with Crippen molar-refractivity contribution in [2.75, 3.05) is 18.5 Å². The molecule has 130 valence electrons. The van der Waals surface area contributed by atoms with Gasteiger partial charge in [0.1, 0.15) is 31.0 Å². The molecule has 0 saturated heterocycles. The fourth-order valence-electron chi connectivity index (χ4n) is 1.35. The van der Waals surface area contributed by atoms with Crippen molar-refractivity contribution in [3.05, 3.63) is 30.3 Å². The highest BCUT2D eigenvalue weighted by atomic mass is 16.4. The summed E-state index contributed by atoms with van der Waals surface area (Å²) in [5.41, 5.74) is 0.829. The summed E-state index contributed by atoms with van der Waals surface area (Å²) in [5, 5.41) is 54.6. The molecule has 4 atom stereocenters. The minimum Gasteiger partial charge on any atom is -0.480 e. The average molecular weight is 331 g/mol. The summed E-state index contributed by atoms with van der Waals surface area (Å²) in [4.78, 5) is 20.0. The minimum atomic E-state index is -1.79. The van der Waals surface area contributed by atoms with Crippen molar-refractivity contribution in [3.63, 3.8) is 0 Å². The molecule has 0 bridgehead atoms. The Balaban J connectivity index is 0.000000422. The highest BCUT2D eigenvalue weighted by Crippen LogP contribution is 2.03. The van der Waals surface area contributed by atoms with Gasteiger partial charge in [0.25, 0.3) is 0 Å². The molecule has 0 aromatic heterocycles. The number of aldehydes is 1. The number of aliphatic hydroxyl groups excluding tert-OH is 5. The van der Waals surface area contributed by atoms with Gasteiger partial charge in [-0.3, -0.25) is 4.79 Å². The van der Waals surface area contributed by atoms with E-state index in [1.807, 2.05) is 30.3 Å². The van der Waals surface area contributed by atoms with Crippen molar-refractivity contribution >= 4 is 17.9 Å².